The molecule has 0 rings (SSSR count). The molecule has 0 aliphatic heterocycles. The largest absolute Gasteiger partial charge is 0.381 e. The number of ether oxygens (including phenoxy) is 1. The molecule has 0 heterocycles. The molecule has 2 heteroatoms. The zero-order valence-electron chi connectivity index (χ0n) is 16.8. The fraction of sp³-hybridized carbons (Fsp3) is 1.00. The van der Waals surface area contributed by atoms with E-state index in [2.05, 4.69) is 6.92 Å². The zero-order valence-corrected chi connectivity index (χ0v) is 16.8. The van der Waals surface area contributed by atoms with Crippen LogP contribution in [0.2, 0.25) is 0 Å². The molecule has 2 N–H and O–H groups in total. The van der Waals surface area contributed by atoms with Crippen molar-refractivity contribution in [2.45, 2.75) is 122 Å². The first-order valence-electron chi connectivity index (χ1n) is 11.2. The van der Waals surface area contributed by atoms with Crippen LogP contribution in [0.15, 0.2) is 0 Å². The lowest BCUT2D eigenvalue weighted by Crippen LogP contribution is -2.02. The Morgan fingerprint density at radius 2 is 0.792 bits per heavy atom. The maximum atomic E-state index is 5.60. The van der Waals surface area contributed by atoms with Gasteiger partial charge in [0.25, 0.3) is 0 Å². The number of hydrogen-bond acceptors (Lipinski definition) is 2. The van der Waals surface area contributed by atoms with Crippen LogP contribution < -0.4 is 5.73 Å². The van der Waals surface area contributed by atoms with Crippen LogP contribution >= 0.6 is 0 Å². The molecule has 0 bridgehead atoms. The molecule has 0 aromatic heterocycles. The van der Waals surface area contributed by atoms with Crippen LogP contribution in [0, 0.1) is 0 Å². The van der Waals surface area contributed by atoms with E-state index in [1.807, 2.05) is 0 Å². The smallest absolute Gasteiger partial charge is 0.0466 e. The van der Waals surface area contributed by atoms with Gasteiger partial charge in [-0.1, -0.05) is 103 Å². The third-order valence-corrected chi connectivity index (χ3v) is 4.89. The second kappa shape index (κ2) is 22.9. The molecule has 0 saturated heterocycles. The number of unbranched alkanes of at least 4 members (excludes halogenated alkanes) is 16. The summed E-state index contributed by atoms with van der Waals surface area (Å²) in [5, 5.41) is 0. The molecule has 0 unspecified atom stereocenters. The number of hydrogen-bond donors (Lipinski definition) is 1. The van der Waals surface area contributed by atoms with Crippen LogP contribution in [-0.4, -0.2) is 19.8 Å². The maximum absolute atomic E-state index is 5.60. The van der Waals surface area contributed by atoms with Gasteiger partial charge in [-0.25, -0.2) is 0 Å². The van der Waals surface area contributed by atoms with Crippen molar-refractivity contribution in [3.05, 3.63) is 0 Å². The Morgan fingerprint density at radius 1 is 0.458 bits per heavy atom. The predicted molar refractivity (Wildman–Crippen MR) is 109 cm³/mol. The molecule has 24 heavy (non-hydrogen) atoms. The fourth-order valence-electron chi connectivity index (χ4n) is 3.20. The second-order valence-electron chi connectivity index (χ2n) is 7.41. The van der Waals surface area contributed by atoms with Crippen LogP contribution in [0.4, 0.5) is 0 Å². The Bertz CT molecular complexity index is 186. The molecule has 0 fully saturated rings. The lowest BCUT2D eigenvalue weighted by atomic mass is 10.0. The van der Waals surface area contributed by atoms with Crippen LogP contribution in [0.3, 0.4) is 0 Å². The number of nitrogens with two attached hydrogens (primary N) is 1. The monoisotopic (exact) mass is 341 g/mol. The topological polar surface area (TPSA) is 35.2 Å². The van der Waals surface area contributed by atoms with Crippen molar-refractivity contribution in [1.82, 2.24) is 0 Å². The highest BCUT2D eigenvalue weighted by molar-refractivity contribution is 4.50. The Balaban J connectivity index is 2.93. The maximum Gasteiger partial charge on any atom is 0.0466 e. The minimum Gasteiger partial charge on any atom is -0.381 e. The Kier molecular flexibility index (Phi) is 22.8. The van der Waals surface area contributed by atoms with E-state index in [9.17, 15) is 0 Å². The summed E-state index contributed by atoms with van der Waals surface area (Å²) in [5.41, 5.74) is 5.45. The number of rotatable bonds is 21. The Morgan fingerprint density at radius 3 is 1.17 bits per heavy atom. The van der Waals surface area contributed by atoms with Gasteiger partial charge in [0.05, 0.1) is 0 Å². The molecular weight excluding hydrogens is 294 g/mol. The fourth-order valence-corrected chi connectivity index (χ4v) is 3.20. The van der Waals surface area contributed by atoms with E-state index in [0.29, 0.717) is 0 Å². The average molecular weight is 342 g/mol. The standard InChI is InChI=1S/C22H47NO/c1-2-3-4-5-6-7-8-9-10-11-12-13-14-15-16-18-21-24-22-19-17-20-23/h2-23H2,1H3. The van der Waals surface area contributed by atoms with Crippen LogP contribution in [0.25, 0.3) is 0 Å². The quantitative estimate of drug-likeness (QED) is 0.228. The highest BCUT2D eigenvalue weighted by atomic mass is 16.5. The van der Waals surface area contributed by atoms with Gasteiger partial charge >= 0.3 is 0 Å². The summed E-state index contributed by atoms with van der Waals surface area (Å²) in [6, 6.07) is 0. The summed E-state index contributed by atoms with van der Waals surface area (Å²) in [5.74, 6) is 0. The first kappa shape index (κ1) is 23.9. The van der Waals surface area contributed by atoms with E-state index in [-0.39, 0.29) is 0 Å². The van der Waals surface area contributed by atoms with Crippen molar-refractivity contribution in [2.75, 3.05) is 19.8 Å². The van der Waals surface area contributed by atoms with E-state index < -0.39 is 0 Å². The van der Waals surface area contributed by atoms with Gasteiger partial charge in [0.2, 0.25) is 0 Å². The summed E-state index contributed by atoms with van der Waals surface area (Å²) < 4.78 is 5.60. The molecule has 2 nitrogen and oxygen atoms in total. The molecule has 0 aromatic carbocycles. The first-order chi connectivity index (χ1) is 11.9. The van der Waals surface area contributed by atoms with Crippen molar-refractivity contribution in [2.24, 2.45) is 5.73 Å². The van der Waals surface area contributed by atoms with E-state index >= 15 is 0 Å². The molecule has 0 radical (unpaired) electrons. The molecule has 0 aliphatic rings. The third-order valence-electron chi connectivity index (χ3n) is 4.89. The average Bonchev–Trinajstić information content (AvgIpc) is 2.60. The van der Waals surface area contributed by atoms with Gasteiger partial charge in [0.15, 0.2) is 0 Å². The summed E-state index contributed by atoms with van der Waals surface area (Å²) in [4.78, 5) is 0. The van der Waals surface area contributed by atoms with Crippen molar-refractivity contribution in [3.63, 3.8) is 0 Å². The highest BCUT2D eigenvalue weighted by Crippen LogP contribution is 2.13. The first-order valence-corrected chi connectivity index (χ1v) is 11.2. The lowest BCUT2D eigenvalue weighted by molar-refractivity contribution is 0.126. The lowest BCUT2D eigenvalue weighted by Gasteiger charge is -2.04. The van der Waals surface area contributed by atoms with Crippen molar-refractivity contribution < 1.29 is 4.74 Å². The summed E-state index contributed by atoms with van der Waals surface area (Å²) >= 11 is 0. The molecule has 0 saturated carbocycles. The van der Waals surface area contributed by atoms with Crippen molar-refractivity contribution in [1.29, 1.82) is 0 Å². The normalized spacial score (nSPS) is 11.2. The molecule has 0 aromatic rings. The van der Waals surface area contributed by atoms with Gasteiger partial charge in [-0.15, -0.1) is 0 Å². The second-order valence-corrected chi connectivity index (χ2v) is 7.41. The van der Waals surface area contributed by atoms with Crippen molar-refractivity contribution in [3.8, 4) is 0 Å². The van der Waals surface area contributed by atoms with Gasteiger partial charge in [-0.05, 0) is 25.8 Å². The van der Waals surface area contributed by atoms with E-state index in [0.717, 1.165) is 32.6 Å². The predicted octanol–water partition coefficient (Wildman–Crippen LogP) is 7.00. The van der Waals surface area contributed by atoms with Gasteiger partial charge in [-0.2, -0.15) is 0 Å². The molecule has 0 atom stereocenters. The minimum absolute atomic E-state index is 0.794. The summed E-state index contributed by atoms with van der Waals surface area (Å²) in [7, 11) is 0. The van der Waals surface area contributed by atoms with Gasteiger partial charge < -0.3 is 10.5 Å². The van der Waals surface area contributed by atoms with E-state index in [1.165, 1.54) is 103 Å². The van der Waals surface area contributed by atoms with Crippen LogP contribution in [0.5, 0.6) is 0 Å². The van der Waals surface area contributed by atoms with Gasteiger partial charge in [0, 0.05) is 13.2 Å². The summed E-state index contributed by atoms with van der Waals surface area (Å²) in [6.45, 7) is 4.93. The van der Waals surface area contributed by atoms with E-state index in [4.69, 9.17) is 10.5 Å². The molecular formula is C22H47NO. The zero-order chi connectivity index (χ0) is 17.6. The van der Waals surface area contributed by atoms with Gasteiger partial charge in [-0.3, -0.25) is 0 Å². The van der Waals surface area contributed by atoms with Crippen LogP contribution in [0.1, 0.15) is 122 Å². The summed E-state index contributed by atoms with van der Waals surface area (Å²) in [6.07, 6.45) is 25.0. The Labute approximate surface area is 153 Å². The minimum atomic E-state index is 0.794. The van der Waals surface area contributed by atoms with E-state index in [1.54, 1.807) is 0 Å². The van der Waals surface area contributed by atoms with Crippen LogP contribution in [-0.2, 0) is 4.74 Å². The van der Waals surface area contributed by atoms with Gasteiger partial charge in [0.1, 0.15) is 0 Å². The molecule has 0 aliphatic carbocycles. The molecule has 146 valence electrons. The molecule has 0 amide bonds. The third kappa shape index (κ3) is 21.9. The Hall–Kier alpha value is -0.0800. The van der Waals surface area contributed by atoms with Crippen molar-refractivity contribution >= 4 is 0 Å². The molecule has 0 spiro atoms. The highest BCUT2D eigenvalue weighted by Gasteiger charge is 1.95. The SMILES string of the molecule is CCCCCCCCCCCCCCCCCCOCCCCN.